The zero-order chi connectivity index (χ0) is 21.7. The molecule has 1 heterocycles. The first-order valence-electron chi connectivity index (χ1n) is 9.18. The molecular formula is C20H19N5O4S. The Balaban J connectivity index is 1.93. The molecule has 2 aromatic rings. The molecule has 1 amide bonds. The molecule has 10 heteroatoms. The van der Waals surface area contributed by atoms with Crippen LogP contribution in [0.3, 0.4) is 0 Å². The van der Waals surface area contributed by atoms with Crippen LogP contribution < -0.4 is 4.83 Å². The van der Waals surface area contributed by atoms with Gasteiger partial charge in [0, 0.05) is 17.5 Å². The maximum atomic E-state index is 12.8. The van der Waals surface area contributed by atoms with Gasteiger partial charge >= 0.3 is 0 Å². The van der Waals surface area contributed by atoms with E-state index in [9.17, 15) is 13.2 Å². The number of fused-ring (bicyclic) bond motifs is 1. The van der Waals surface area contributed by atoms with Crippen molar-refractivity contribution in [2.75, 3.05) is 13.1 Å². The summed E-state index contributed by atoms with van der Waals surface area (Å²) in [5, 5.41) is 21.9. The van der Waals surface area contributed by atoms with Crippen LogP contribution in [0.4, 0.5) is 0 Å². The molecule has 3 rings (SSSR count). The molecule has 30 heavy (non-hydrogen) atoms. The van der Waals surface area contributed by atoms with Gasteiger partial charge in [-0.05, 0) is 31.9 Å². The Morgan fingerprint density at radius 3 is 2.50 bits per heavy atom. The lowest BCUT2D eigenvalue weighted by Gasteiger charge is -2.14. The third kappa shape index (κ3) is 4.19. The Morgan fingerprint density at radius 1 is 1.20 bits per heavy atom. The van der Waals surface area contributed by atoms with Gasteiger partial charge in [-0.2, -0.15) is 28.9 Å². The van der Waals surface area contributed by atoms with Gasteiger partial charge in [-0.25, -0.2) is 0 Å². The van der Waals surface area contributed by atoms with Crippen molar-refractivity contribution in [3.63, 3.8) is 0 Å². The summed E-state index contributed by atoms with van der Waals surface area (Å²) in [6, 6.07) is 11.6. The van der Waals surface area contributed by atoms with Gasteiger partial charge in [0.2, 0.25) is 0 Å². The van der Waals surface area contributed by atoms with Gasteiger partial charge in [-0.15, -0.1) is 0 Å². The molecule has 1 aromatic carbocycles. The summed E-state index contributed by atoms with van der Waals surface area (Å²) in [6.45, 7) is 1.20. The van der Waals surface area contributed by atoms with Crippen molar-refractivity contribution >= 4 is 21.6 Å². The smallest absolute Gasteiger partial charge is 0.291 e. The number of nitrogens with one attached hydrogen (secondary N) is 1. The van der Waals surface area contributed by atoms with Gasteiger partial charge in [0.25, 0.3) is 15.9 Å². The maximum absolute atomic E-state index is 12.8. The summed E-state index contributed by atoms with van der Waals surface area (Å²) in [5.74, 6) is 0.00820. The fourth-order valence-electron chi connectivity index (χ4n) is 3.27. The monoisotopic (exact) mass is 425 g/mol. The van der Waals surface area contributed by atoms with E-state index in [2.05, 4.69) is 9.93 Å². The van der Waals surface area contributed by atoms with Crippen LogP contribution in [-0.2, 0) is 16.4 Å². The van der Waals surface area contributed by atoms with Crippen LogP contribution in [0, 0.1) is 29.6 Å². The molecule has 9 nitrogen and oxygen atoms in total. The third-order valence-corrected chi connectivity index (χ3v) is 5.91. The molecule has 0 bridgehead atoms. The number of hydrogen-bond acceptors (Lipinski definition) is 7. The first kappa shape index (κ1) is 21.1. The Labute approximate surface area is 174 Å². The molecule has 0 radical (unpaired) electrons. The van der Waals surface area contributed by atoms with E-state index in [4.69, 9.17) is 14.9 Å². The molecule has 0 atom stereocenters. The molecule has 0 spiro atoms. The van der Waals surface area contributed by atoms with Crippen LogP contribution >= 0.6 is 0 Å². The summed E-state index contributed by atoms with van der Waals surface area (Å²) in [6.07, 6.45) is 1.77. The van der Waals surface area contributed by atoms with Gasteiger partial charge in [0.15, 0.2) is 5.76 Å². The average Bonchev–Trinajstić information content (AvgIpc) is 3.09. The molecule has 0 unspecified atom stereocenters. The van der Waals surface area contributed by atoms with E-state index in [-0.39, 0.29) is 23.7 Å². The largest absolute Gasteiger partial charge is 0.455 e. The first-order chi connectivity index (χ1) is 14.4. The number of aryl methyl sites for hydroxylation is 1. The van der Waals surface area contributed by atoms with E-state index in [1.54, 1.807) is 25.1 Å². The van der Waals surface area contributed by atoms with Crippen molar-refractivity contribution in [2.24, 2.45) is 5.10 Å². The molecule has 0 aliphatic heterocycles. The van der Waals surface area contributed by atoms with Gasteiger partial charge in [-0.1, -0.05) is 18.2 Å². The van der Waals surface area contributed by atoms with Crippen molar-refractivity contribution in [3.8, 4) is 12.1 Å². The van der Waals surface area contributed by atoms with Crippen LogP contribution in [0.5, 0.6) is 0 Å². The quantitative estimate of drug-likeness (QED) is 0.555. The highest BCUT2D eigenvalue weighted by Crippen LogP contribution is 2.30. The first-order valence-corrected chi connectivity index (χ1v) is 10.7. The minimum atomic E-state index is -3.83. The minimum absolute atomic E-state index is 0.0333. The fourth-order valence-corrected chi connectivity index (χ4v) is 4.12. The van der Waals surface area contributed by atoms with Gasteiger partial charge in [-0.3, -0.25) is 4.79 Å². The van der Waals surface area contributed by atoms with E-state index in [1.165, 1.54) is 12.1 Å². The van der Waals surface area contributed by atoms with Crippen molar-refractivity contribution < 1.29 is 17.6 Å². The minimum Gasteiger partial charge on any atom is -0.455 e. The number of carbonyl (C=O) groups is 1. The molecule has 154 valence electrons. The number of amides is 1. The van der Waals surface area contributed by atoms with Crippen LogP contribution in [0.25, 0.3) is 0 Å². The van der Waals surface area contributed by atoms with E-state index < -0.39 is 15.9 Å². The number of rotatable bonds is 6. The van der Waals surface area contributed by atoms with Crippen molar-refractivity contribution in [2.45, 2.75) is 31.1 Å². The van der Waals surface area contributed by atoms with Gasteiger partial charge < -0.3 is 9.32 Å². The lowest BCUT2D eigenvalue weighted by molar-refractivity contribution is 0.0760. The molecule has 1 aliphatic rings. The average molecular weight is 425 g/mol. The number of nitrogens with zero attached hydrogens (tertiary/aromatic N) is 4. The van der Waals surface area contributed by atoms with Crippen LogP contribution in [0.2, 0.25) is 0 Å². The number of hydrazone groups is 1. The normalized spacial score (nSPS) is 14.4. The number of benzene rings is 1. The predicted octanol–water partition coefficient (Wildman–Crippen LogP) is 2.10. The van der Waals surface area contributed by atoms with E-state index in [0.717, 1.165) is 4.90 Å². The second-order valence-corrected chi connectivity index (χ2v) is 8.31. The number of nitriles is 2. The van der Waals surface area contributed by atoms with Crippen LogP contribution in [-0.4, -0.2) is 38.0 Å². The third-order valence-electron chi connectivity index (χ3n) is 4.68. The number of furan rings is 1. The molecule has 0 saturated carbocycles. The lowest BCUT2D eigenvalue weighted by Crippen LogP contribution is -2.32. The molecule has 1 aromatic heterocycles. The van der Waals surface area contributed by atoms with Crippen molar-refractivity contribution in [1.29, 1.82) is 10.5 Å². The summed E-state index contributed by atoms with van der Waals surface area (Å²) >= 11 is 0. The fraction of sp³-hybridized carbons (Fsp3) is 0.300. The van der Waals surface area contributed by atoms with Gasteiger partial charge in [0.1, 0.15) is 18.8 Å². The van der Waals surface area contributed by atoms with Gasteiger partial charge in [0.05, 0.1) is 22.7 Å². The Morgan fingerprint density at radius 2 is 1.87 bits per heavy atom. The maximum Gasteiger partial charge on any atom is 0.291 e. The highest BCUT2D eigenvalue weighted by molar-refractivity contribution is 7.89. The SMILES string of the molecule is Cc1c(C(=O)N(CC#N)CC#N)oc2c1/C(=N/NS(=O)(=O)c1ccccc1)CCC2. The Kier molecular flexibility index (Phi) is 6.19. The van der Waals surface area contributed by atoms with Crippen molar-refractivity contribution in [3.05, 3.63) is 53.0 Å². The molecule has 1 N–H and O–H groups in total. The second-order valence-electron chi connectivity index (χ2n) is 6.65. The van der Waals surface area contributed by atoms with E-state index >= 15 is 0 Å². The Bertz CT molecular complexity index is 1150. The number of hydrogen-bond donors (Lipinski definition) is 1. The summed E-state index contributed by atoms with van der Waals surface area (Å²) in [7, 11) is -3.83. The summed E-state index contributed by atoms with van der Waals surface area (Å²) < 4.78 is 30.7. The topological polar surface area (TPSA) is 140 Å². The highest BCUT2D eigenvalue weighted by atomic mass is 32.2. The van der Waals surface area contributed by atoms with Crippen LogP contribution in [0.1, 0.15) is 40.3 Å². The summed E-state index contributed by atoms with van der Waals surface area (Å²) in [5.41, 5.74) is 1.57. The van der Waals surface area contributed by atoms with E-state index in [0.29, 0.717) is 41.9 Å². The molecule has 0 fully saturated rings. The predicted molar refractivity (Wildman–Crippen MR) is 107 cm³/mol. The standard InChI is InChI=1S/C20H19N5O4S/c1-14-18-16(23-24-30(27,28)15-6-3-2-4-7-15)8-5-9-17(18)29-19(14)20(26)25(12-10-21)13-11-22/h2-4,6-7,24H,5,8-9,12-13H2,1H3/b23-16+. The zero-order valence-corrected chi connectivity index (χ0v) is 17.1. The second kappa shape index (κ2) is 8.80. The lowest BCUT2D eigenvalue weighted by atomic mass is 9.93. The zero-order valence-electron chi connectivity index (χ0n) is 16.3. The summed E-state index contributed by atoms with van der Waals surface area (Å²) in [4.78, 5) is 16.2. The highest BCUT2D eigenvalue weighted by Gasteiger charge is 2.30. The van der Waals surface area contributed by atoms with Crippen molar-refractivity contribution in [1.82, 2.24) is 9.73 Å². The molecule has 0 saturated heterocycles. The number of sulfonamides is 1. The molecular weight excluding hydrogens is 406 g/mol. The van der Waals surface area contributed by atoms with E-state index in [1.807, 2.05) is 12.1 Å². The van der Waals surface area contributed by atoms with Crippen LogP contribution in [0.15, 0.2) is 44.7 Å². The number of carbonyl (C=O) groups excluding carboxylic acids is 1. The molecule has 1 aliphatic carbocycles. The Hall–Kier alpha value is -3.63.